The SMILES string of the molecule is CCc1ccc(-c2ccc(Cl)c(F)c2)cc1C1=C(O)CCC1=O. The van der Waals surface area contributed by atoms with Crippen molar-refractivity contribution in [2.45, 2.75) is 26.2 Å². The van der Waals surface area contributed by atoms with Crippen LogP contribution in [0.2, 0.25) is 5.02 Å². The first-order valence-corrected chi connectivity index (χ1v) is 7.93. The predicted octanol–water partition coefficient (Wildman–Crippen LogP) is 5.34. The van der Waals surface area contributed by atoms with Crippen LogP contribution < -0.4 is 0 Å². The minimum Gasteiger partial charge on any atom is -0.512 e. The highest BCUT2D eigenvalue weighted by atomic mass is 35.5. The molecule has 2 nitrogen and oxygen atoms in total. The van der Waals surface area contributed by atoms with Crippen LogP contribution in [0.15, 0.2) is 42.2 Å². The number of Topliss-reactive ketones (excluding diaryl/α,β-unsaturated/α-hetero) is 1. The molecule has 23 heavy (non-hydrogen) atoms. The van der Waals surface area contributed by atoms with Gasteiger partial charge in [-0.2, -0.15) is 0 Å². The first-order valence-electron chi connectivity index (χ1n) is 7.55. The van der Waals surface area contributed by atoms with Crippen LogP contribution in [0.3, 0.4) is 0 Å². The minimum absolute atomic E-state index is 0.0448. The second kappa shape index (κ2) is 6.17. The number of halogens is 2. The van der Waals surface area contributed by atoms with Gasteiger partial charge in [-0.1, -0.05) is 36.7 Å². The smallest absolute Gasteiger partial charge is 0.167 e. The largest absolute Gasteiger partial charge is 0.512 e. The Labute approximate surface area is 139 Å². The number of carbonyl (C=O) groups is 1. The third-order valence-electron chi connectivity index (χ3n) is 4.17. The molecule has 0 amide bonds. The molecule has 118 valence electrons. The van der Waals surface area contributed by atoms with Crippen molar-refractivity contribution in [2.24, 2.45) is 0 Å². The van der Waals surface area contributed by atoms with Crippen LogP contribution in [0.5, 0.6) is 0 Å². The quantitative estimate of drug-likeness (QED) is 0.824. The molecular formula is C19H16ClFO2. The van der Waals surface area contributed by atoms with Gasteiger partial charge >= 0.3 is 0 Å². The Kier molecular flexibility index (Phi) is 4.22. The summed E-state index contributed by atoms with van der Waals surface area (Å²) in [5.41, 5.74) is 3.59. The normalized spacial score (nSPS) is 14.7. The topological polar surface area (TPSA) is 37.3 Å². The molecule has 0 atom stereocenters. The zero-order chi connectivity index (χ0) is 16.6. The molecule has 1 aliphatic carbocycles. The van der Waals surface area contributed by atoms with E-state index in [1.807, 2.05) is 25.1 Å². The minimum atomic E-state index is -0.482. The zero-order valence-electron chi connectivity index (χ0n) is 12.7. The van der Waals surface area contributed by atoms with Crippen molar-refractivity contribution in [3.63, 3.8) is 0 Å². The monoisotopic (exact) mass is 330 g/mol. The number of aliphatic hydroxyl groups is 1. The molecule has 0 saturated heterocycles. The summed E-state index contributed by atoms with van der Waals surface area (Å²) in [5, 5.41) is 10.1. The van der Waals surface area contributed by atoms with Crippen LogP contribution in [0.4, 0.5) is 4.39 Å². The third-order valence-corrected chi connectivity index (χ3v) is 4.48. The Morgan fingerprint density at radius 3 is 2.43 bits per heavy atom. The Bertz CT molecular complexity index is 824. The number of allylic oxidation sites excluding steroid dienone is 2. The number of aryl methyl sites for hydroxylation is 1. The van der Waals surface area contributed by atoms with Crippen molar-refractivity contribution in [3.05, 3.63) is 64.1 Å². The lowest BCUT2D eigenvalue weighted by molar-refractivity contribution is -0.113. The molecule has 0 bridgehead atoms. The van der Waals surface area contributed by atoms with Gasteiger partial charge in [-0.3, -0.25) is 4.79 Å². The van der Waals surface area contributed by atoms with Crippen molar-refractivity contribution in [1.82, 2.24) is 0 Å². The number of hydrogen-bond acceptors (Lipinski definition) is 2. The van der Waals surface area contributed by atoms with Gasteiger partial charge in [-0.05, 0) is 46.9 Å². The lowest BCUT2D eigenvalue weighted by Crippen LogP contribution is -2.01. The maximum atomic E-state index is 13.7. The average Bonchev–Trinajstić information content (AvgIpc) is 2.88. The van der Waals surface area contributed by atoms with Crippen LogP contribution in [-0.4, -0.2) is 10.9 Å². The maximum absolute atomic E-state index is 13.7. The first kappa shape index (κ1) is 15.8. The van der Waals surface area contributed by atoms with E-state index in [9.17, 15) is 14.3 Å². The maximum Gasteiger partial charge on any atom is 0.167 e. The summed E-state index contributed by atoms with van der Waals surface area (Å²) in [6, 6.07) is 10.3. The van der Waals surface area contributed by atoms with Gasteiger partial charge in [0, 0.05) is 12.8 Å². The summed E-state index contributed by atoms with van der Waals surface area (Å²) in [6.07, 6.45) is 1.47. The molecule has 2 aromatic carbocycles. The molecule has 0 unspecified atom stereocenters. The van der Waals surface area contributed by atoms with Gasteiger partial charge in [-0.15, -0.1) is 0 Å². The number of hydrogen-bond donors (Lipinski definition) is 1. The van der Waals surface area contributed by atoms with E-state index in [2.05, 4.69) is 0 Å². The number of ketones is 1. The predicted molar refractivity (Wildman–Crippen MR) is 90.0 cm³/mol. The van der Waals surface area contributed by atoms with Crippen molar-refractivity contribution in [1.29, 1.82) is 0 Å². The number of benzene rings is 2. The molecule has 2 aromatic rings. The molecule has 0 heterocycles. The number of carbonyl (C=O) groups excluding carboxylic acids is 1. The van der Waals surface area contributed by atoms with E-state index >= 15 is 0 Å². The van der Waals surface area contributed by atoms with Gasteiger partial charge in [0.25, 0.3) is 0 Å². The highest BCUT2D eigenvalue weighted by molar-refractivity contribution is 6.30. The molecule has 0 aliphatic heterocycles. The van der Waals surface area contributed by atoms with E-state index in [0.29, 0.717) is 24.0 Å². The summed E-state index contributed by atoms with van der Waals surface area (Å²) < 4.78 is 13.7. The van der Waals surface area contributed by atoms with Gasteiger partial charge in [-0.25, -0.2) is 4.39 Å². The van der Waals surface area contributed by atoms with Crippen LogP contribution in [0.25, 0.3) is 16.7 Å². The average molecular weight is 331 g/mol. The second-order valence-corrected chi connectivity index (χ2v) is 6.01. The summed E-state index contributed by atoms with van der Waals surface area (Å²) in [4.78, 5) is 12.1. The molecule has 4 heteroatoms. The first-order chi connectivity index (χ1) is 11.0. The van der Waals surface area contributed by atoms with Gasteiger partial charge in [0.1, 0.15) is 11.6 Å². The van der Waals surface area contributed by atoms with E-state index in [0.717, 1.165) is 23.1 Å². The van der Waals surface area contributed by atoms with Gasteiger partial charge < -0.3 is 5.11 Å². The van der Waals surface area contributed by atoms with E-state index in [-0.39, 0.29) is 16.6 Å². The van der Waals surface area contributed by atoms with E-state index in [4.69, 9.17) is 11.6 Å². The molecule has 0 saturated carbocycles. The molecule has 0 aromatic heterocycles. The number of aliphatic hydroxyl groups excluding tert-OH is 1. The molecular weight excluding hydrogens is 315 g/mol. The van der Waals surface area contributed by atoms with E-state index in [1.54, 1.807) is 6.07 Å². The summed E-state index contributed by atoms with van der Waals surface area (Å²) in [5.74, 6) is -0.384. The Morgan fingerprint density at radius 1 is 1.13 bits per heavy atom. The molecule has 3 rings (SSSR count). The zero-order valence-corrected chi connectivity index (χ0v) is 13.5. The Morgan fingerprint density at radius 2 is 1.83 bits per heavy atom. The van der Waals surface area contributed by atoms with E-state index in [1.165, 1.54) is 12.1 Å². The fourth-order valence-corrected chi connectivity index (χ4v) is 3.04. The van der Waals surface area contributed by atoms with E-state index < -0.39 is 5.82 Å². The summed E-state index contributed by atoms with van der Waals surface area (Å²) in [6.45, 7) is 2.00. The fraction of sp³-hybridized carbons (Fsp3) is 0.211. The molecule has 0 spiro atoms. The lowest BCUT2D eigenvalue weighted by atomic mass is 9.92. The molecule has 1 aliphatic rings. The molecule has 1 N–H and O–H groups in total. The third kappa shape index (κ3) is 2.89. The van der Waals surface area contributed by atoms with Gasteiger partial charge in [0.05, 0.1) is 10.6 Å². The van der Waals surface area contributed by atoms with Crippen molar-refractivity contribution < 1.29 is 14.3 Å². The fourth-order valence-electron chi connectivity index (χ4n) is 2.92. The highest BCUT2D eigenvalue weighted by Crippen LogP contribution is 2.35. The van der Waals surface area contributed by atoms with Crippen LogP contribution in [0.1, 0.15) is 30.9 Å². The summed E-state index contributed by atoms with van der Waals surface area (Å²) >= 11 is 5.73. The van der Waals surface area contributed by atoms with Crippen LogP contribution in [-0.2, 0) is 11.2 Å². The summed E-state index contributed by atoms with van der Waals surface area (Å²) in [7, 11) is 0. The van der Waals surface area contributed by atoms with Crippen molar-refractivity contribution >= 4 is 23.0 Å². The highest BCUT2D eigenvalue weighted by Gasteiger charge is 2.26. The van der Waals surface area contributed by atoms with Crippen molar-refractivity contribution in [2.75, 3.05) is 0 Å². The van der Waals surface area contributed by atoms with Gasteiger partial charge in [0.15, 0.2) is 5.78 Å². The van der Waals surface area contributed by atoms with Crippen LogP contribution >= 0.6 is 11.6 Å². The second-order valence-electron chi connectivity index (χ2n) is 5.60. The molecule has 0 radical (unpaired) electrons. The number of rotatable bonds is 3. The Hall–Kier alpha value is -2.13. The molecule has 0 fully saturated rings. The van der Waals surface area contributed by atoms with Crippen LogP contribution in [0, 0.1) is 5.82 Å². The standard InChI is InChI=1S/C19H16ClFO2/c1-2-11-3-4-12(13-5-6-15(20)16(21)10-13)9-14(11)19-17(22)7-8-18(19)23/h3-6,9-10,22H,2,7-8H2,1H3. The Balaban J connectivity index is 2.15. The lowest BCUT2D eigenvalue weighted by Gasteiger charge is -2.12. The van der Waals surface area contributed by atoms with Crippen molar-refractivity contribution in [3.8, 4) is 11.1 Å². The van der Waals surface area contributed by atoms with Gasteiger partial charge in [0.2, 0.25) is 0 Å².